The Kier molecular flexibility index (Phi) is 3.05. The van der Waals surface area contributed by atoms with Gasteiger partial charge in [-0.1, -0.05) is 0 Å². The first-order valence-electron chi connectivity index (χ1n) is 5.31. The zero-order valence-electron chi connectivity index (χ0n) is 9.69. The molecule has 6 nitrogen and oxygen atoms in total. The van der Waals surface area contributed by atoms with E-state index in [9.17, 15) is 4.79 Å². The van der Waals surface area contributed by atoms with Gasteiger partial charge < -0.3 is 24.3 Å². The Morgan fingerprint density at radius 3 is 2.94 bits per heavy atom. The predicted octanol–water partition coefficient (Wildman–Crippen LogP) is 0.261. The van der Waals surface area contributed by atoms with Crippen LogP contribution in [0.15, 0.2) is 0 Å². The maximum atomic E-state index is 10.9. The number of alkyl carbamates (subject to hydrolysis) is 1. The van der Waals surface area contributed by atoms with E-state index in [1.165, 1.54) is 7.11 Å². The fourth-order valence-corrected chi connectivity index (χ4v) is 2.05. The maximum absolute atomic E-state index is 10.9. The van der Waals surface area contributed by atoms with Gasteiger partial charge in [-0.15, -0.1) is 0 Å². The van der Waals surface area contributed by atoms with Gasteiger partial charge in [0.25, 0.3) is 0 Å². The lowest BCUT2D eigenvalue weighted by molar-refractivity contribution is -0.174. The average Bonchev–Trinajstić information content (AvgIpc) is 2.70. The lowest BCUT2D eigenvalue weighted by atomic mass is 10.1. The molecule has 2 aliphatic heterocycles. The smallest absolute Gasteiger partial charge is 0.406 e. The molecule has 2 aliphatic rings. The molecule has 2 saturated heterocycles. The summed E-state index contributed by atoms with van der Waals surface area (Å²) in [6.07, 6.45) is -0.803. The van der Waals surface area contributed by atoms with Crippen LogP contribution in [-0.4, -0.2) is 50.5 Å². The van der Waals surface area contributed by atoms with Crippen molar-refractivity contribution >= 4 is 6.09 Å². The van der Waals surface area contributed by atoms with Gasteiger partial charge in [-0.25, -0.2) is 4.79 Å². The molecule has 0 bridgehead atoms. The molecule has 3 atom stereocenters. The van der Waals surface area contributed by atoms with Crippen molar-refractivity contribution in [2.75, 3.05) is 20.3 Å². The lowest BCUT2D eigenvalue weighted by Gasteiger charge is -2.21. The highest BCUT2D eigenvalue weighted by atomic mass is 16.8. The van der Waals surface area contributed by atoms with E-state index in [0.717, 1.165) is 0 Å². The van der Waals surface area contributed by atoms with Crippen molar-refractivity contribution in [1.82, 2.24) is 5.32 Å². The minimum Gasteiger partial charge on any atom is -0.453 e. The summed E-state index contributed by atoms with van der Waals surface area (Å²) in [6, 6.07) is 0. The summed E-state index contributed by atoms with van der Waals surface area (Å²) in [6.45, 7) is 4.61. The van der Waals surface area contributed by atoms with Crippen LogP contribution in [-0.2, 0) is 18.9 Å². The third kappa shape index (κ3) is 2.28. The molecule has 0 aromatic heterocycles. The second-order valence-electron chi connectivity index (χ2n) is 4.38. The molecule has 0 aromatic rings. The van der Waals surface area contributed by atoms with E-state index in [-0.39, 0.29) is 18.3 Å². The second kappa shape index (κ2) is 4.20. The molecular weight excluding hydrogens is 214 g/mol. The molecule has 2 heterocycles. The Labute approximate surface area is 94.2 Å². The highest BCUT2D eigenvalue weighted by molar-refractivity contribution is 5.66. The Morgan fingerprint density at radius 1 is 1.50 bits per heavy atom. The first kappa shape index (κ1) is 11.6. The zero-order valence-corrected chi connectivity index (χ0v) is 9.69. The van der Waals surface area contributed by atoms with Gasteiger partial charge in [0.05, 0.1) is 13.7 Å². The number of carbonyl (C=O) groups excluding carboxylic acids is 1. The average molecular weight is 231 g/mol. The third-order valence-electron chi connectivity index (χ3n) is 2.70. The summed E-state index contributed by atoms with van der Waals surface area (Å²) >= 11 is 0. The number of hydrogen-bond donors (Lipinski definition) is 1. The van der Waals surface area contributed by atoms with Crippen molar-refractivity contribution in [2.24, 2.45) is 0 Å². The normalized spacial score (nSPS) is 35.8. The molecule has 1 N–H and O–H groups in total. The van der Waals surface area contributed by atoms with Crippen molar-refractivity contribution < 1.29 is 23.7 Å². The summed E-state index contributed by atoms with van der Waals surface area (Å²) in [5, 5.41) is 2.59. The third-order valence-corrected chi connectivity index (χ3v) is 2.70. The summed E-state index contributed by atoms with van der Waals surface area (Å²) < 4.78 is 21.3. The van der Waals surface area contributed by atoms with Crippen LogP contribution in [0.1, 0.15) is 13.8 Å². The molecule has 0 aromatic carbocycles. The van der Waals surface area contributed by atoms with Crippen LogP contribution in [0, 0.1) is 0 Å². The van der Waals surface area contributed by atoms with E-state index in [1.807, 2.05) is 13.8 Å². The molecule has 92 valence electrons. The van der Waals surface area contributed by atoms with Crippen molar-refractivity contribution in [2.45, 2.75) is 37.9 Å². The maximum Gasteiger partial charge on any atom is 0.406 e. The summed E-state index contributed by atoms with van der Waals surface area (Å²) in [5.41, 5.74) is 0. The standard InChI is InChI=1S/C10H17NO5/c1-10(2)15-7-5-14-6(8(7)16-10)4-11-9(12)13-3/h6-8H,4-5H2,1-3H3,(H,11,12)/t6-,7+,8+/m1/s1. The lowest BCUT2D eigenvalue weighted by Crippen LogP contribution is -2.39. The first-order chi connectivity index (χ1) is 7.52. The fraction of sp³-hybridized carbons (Fsp3) is 0.900. The van der Waals surface area contributed by atoms with Crippen LogP contribution < -0.4 is 5.32 Å². The number of hydrogen-bond acceptors (Lipinski definition) is 5. The van der Waals surface area contributed by atoms with Gasteiger partial charge in [0.2, 0.25) is 0 Å². The monoisotopic (exact) mass is 231 g/mol. The first-order valence-corrected chi connectivity index (χ1v) is 5.31. The van der Waals surface area contributed by atoms with Crippen molar-refractivity contribution in [1.29, 1.82) is 0 Å². The van der Waals surface area contributed by atoms with Crippen LogP contribution in [0.3, 0.4) is 0 Å². The number of nitrogens with one attached hydrogen (secondary N) is 1. The van der Waals surface area contributed by atoms with Gasteiger partial charge in [0.15, 0.2) is 5.79 Å². The van der Waals surface area contributed by atoms with Crippen molar-refractivity contribution in [3.8, 4) is 0 Å². The van der Waals surface area contributed by atoms with Crippen LogP contribution in [0.4, 0.5) is 4.79 Å². The van der Waals surface area contributed by atoms with E-state index in [2.05, 4.69) is 10.1 Å². The molecule has 2 fully saturated rings. The highest BCUT2D eigenvalue weighted by Crippen LogP contribution is 2.34. The molecule has 0 unspecified atom stereocenters. The van der Waals surface area contributed by atoms with Gasteiger partial charge in [0.1, 0.15) is 18.3 Å². The number of methoxy groups -OCH3 is 1. The topological polar surface area (TPSA) is 66.0 Å². The number of amides is 1. The fourth-order valence-electron chi connectivity index (χ4n) is 2.05. The Hall–Kier alpha value is -0.850. The largest absolute Gasteiger partial charge is 0.453 e. The Balaban J connectivity index is 1.86. The quantitative estimate of drug-likeness (QED) is 0.738. The highest BCUT2D eigenvalue weighted by Gasteiger charge is 2.49. The van der Waals surface area contributed by atoms with Gasteiger partial charge >= 0.3 is 6.09 Å². The summed E-state index contributed by atoms with van der Waals surface area (Å²) in [7, 11) is 1.33. The minimum atomic E-state index is -0.567. The Bertz CT molecular complexity index is 280. The van der Waals surface area contributed by atoms with E-state index in [0.29, 0.717) is 13.2 Å². The molecular formula is C10H17NO5. The number of fused-ring (bicyclic) bond motifs is 1. The number of rotatable bonds is 2. The number of carbonyl (C=O) groups is 1. The van der Waals surface area contributed by atoms with Gasteiger partial charge in [-0.2, -0.15) is 0 Å². The summed E-state index contributed by atoms with van der Waals surface area (Å²) in [4.78, 5) is 10.9. The van der Waals surface area contributed by atoms with Gasteiger partial charge in [-0.05, 0) is 13.8 Å². The zero-order chi connectivity index (χ0) is 11.8. The molecule has 0 spiro atoms. The van der Waals surface area contributed by atoms with Crippen molar-refractivity contribution in [3.63, 3.8) is 0 Å². The summed E-state index contributed by atoms with van der Waals surface area (Å²) in [5.74, 6) is -0.567. The number of ether oxygens (including phenoxy) is 4. The molecule has 0 radical (unpaired) electrons. The van der Waals surface area contributed by atoms with E-state index >= 15 is 0 Å². The second-order valence-corrected chi connectivity index (χ2v) is 4.38. The minimum absolute atomic E-state index is 0.0422. The van der Waals surface area contributed by atoms with Crippen LogP contribution in [0.5, 0.6) is 0 Å². The van der Waals surface area contributed by atoms with Crippen LogP contribution in [0.2, 0.25) is 0 Å². The van der Waals surface area contributed by atoms with Crippen LogP contribution in [0.25, 0.3) is 0 Å². The molecule has 2 rings (SSSR count). The molecule has 16 heavy (non-hydrogen) atoms. The van der Waals surface area contributed by atoms with Gasteiger partial charge in [0, 0.05) is 6.54 Å². The van der Waals surface area contributed by atoms with E-state index < -0.39 is 11.9 Å². The molecule has 1 amide bonds. The van der Waals surface area contributed by atoms with Crippen molar-refractivity contribution in [3.05, 3.63) is 0 Å². The molecule has 0 saturated carbocycles. The predicted molar refractivity (Wildman–Crippen MR) is 54.0 cm³/mol. The van der Waals surface area contributed by atoms with E-state index in [1.54, 1.807) is 0 Å². The Morgan fingerprint density at radius 2 is 2.25 bits per heavy atom. The van der Waals surface area contributed by atoms with Gasteiger partial charge in [-0.3, -0.25) is 0 Å². The molecule has 6 heteroatoms. The van der Waals surface area contributed by atoms with Crippen LogP contribution >= 0.6 is 0 Å². The molecule has 0 aliphatic carbocycles. The SMILES string of the molecule is COC(=O)NC[C@H]1OC[C@@H]2OC(C)(C)O[C@H]21. The van der Waals surface area contributed by atoms with E-state index in [4.69, 9.17) is 14.2 Å².